The molecule has 9 atom stereocenters. The van der Waals surface area contributed by atoms with Crippen LogP contribution in [0.2, 0.25) is 0 Å². The standard InChI is InChI=1S/C42H58O3/c1-28(2)7-6-8-29(3)37-20-21-38-36-19-14-32-27-35(23-25-41(32,4)39(36)24-26-42(37,38)5)45-34-17-12-31(13-18-34)40(44)22-11-30-9-15-33(43)16-10-30/h9-13,15-18,22,28-29,32,35-39,43H,6-8,14,19-21,23-27H2,1-5H3/b22-11+/t29?,32?,35?,36-,37+,38-,39-,41-,42+/m0/s1. The molecule has 4 aliphatic rings. The third-order valence-electron chi connectivity index (χ3n) is 13.6. The molecule has 0 bridgehead atoms. The van der Waals surface area contributed by atoms with E-state index in [1.165, 1.54) is 70.6 Å². The third-order valence-corrected chi connectivity index (χ3v) is 13.6. The molecule has 2 aromatic rings. The number of benzene rings is 2. The van der Waals surface area contributed by atoms with Gasteiger partial charge >= 0.3 is 0 Å². The summed E-state index contributed by atoms with van der Waals surface area (Å²) in [5, 5.41) is 9.46. The van der Waals surface area contributed by atoms with Crippen molar-refractivity contribution in [1.82, 2.24) is 0 Å². The number of hydrogen-bond acceptors (Lipinski definition) is 3. The average molecular weight is 611 g/mol. The molecular weight excluding hydrogens is 552 g/mol. The lowest BCUT2D eigenvalue weighted by molar-refractivity contribution is -0.126. The van der Waals surface area contributed by atoms with Crippen LogP contribution in [0.15, 0.2) is 54.6 Å². The number of carbonyl (C=O) groups is 1. The first-order valence-corrected chi connectivity index (χ1v) is 18.3. The maximum absolute atomic E-state index is 12.7. The number of carbonyl (C=O) groups excluding carboxylic acids is 1. The van der Waals surface area contributed by atoms with Gasteiger partial charge in [-0.05, 0) is 158 Å². The van der Waals surface area contributed by atoms with E-state index in [0.717, 1.165) is 59.2 Å². The Morgan fingerprint density at radius 1 is 0.867 bits per heavy atom. The maximum Gasteiger partial charge on any atom is 0.185 e. The Morgan fingerprint density at radius 3 is 2.31 bits per heavy atom. The van der Waals surface area contributed by atoms with E-state index < -0.39 is 0 Å². The lowest BCUT2D eigenvalue weighted by Gasteiger charge is -2.61. The van der Waals surface area contributed by atoms with Gasteiger partial charge < -0.3 is 9.84 Å². The summed E-state index contributed by atoms with van der Waals surface area (Å²) in [5.74, 6) is 7.25. The normalized spacial score (nSPS) is 35.1. The van der Waals surface area contributed by atoms with Gasteiger partial charge in [0.15, 0.2) is 5.78 Å². The zero-order valence-corrected chi connectivity index (χ0v) is 28.6. The van der Waals surface area contributed by atoms with Crippen LogP contribution in [-0.2, 0) is 0 Å². The summed E-state index contributed by atoms with van der Waals surface area (Å²) >= 11 is 0. The van der Waals surface area contributed by atoms with Crippen molar-refractivity contribution < 1.29 is 14.6 Å². The van der Waals surface area contributed by atoms with Crippen LogP contribution in [0.25, 0.3) is 6.08 Å². The summed E-state index contributed by atoms with van der Waals surface area (Å²) in [6.07, 6.45) is 20.1. The minimum atomic E-state index is -0.0300. The minimum Gasteiger partial charge on any atom is -0.508 e. The molecular formula is C42H58O3. The highest BCUT2D eigenvalue weighted by Gasteiger charge is 2.60. The van der Waals surface area contributed by atoms with Gasteiger partial charge in [0.05, 0.1) is 6.10 Å². The summed E-state index contributed by atoms with van der Waals surface area (Å²) in [7, 11) is 0. The van der Waals surface area contributed by atoms with Crippen molar-refractivity contribution in [3.63, 3.8) is 0 Å². The first-order chi connectivity index (χ1) is 21.6. The lowest BCUT2D eigenvalue weighted by Crippen LogP contribution is -2.54. The second-order valence-corrected chi connectivity index (χ2v) is 16.5. The molecule has 0 aliphatic heterocycles. The smallest absolute Gasteiger partial charge is 0.185 e. The Bertz CT molecular complexity index is 1320. The molecule has 0 radical (unpaired) electrons. The highest BCUT2D eigenvalue weighted by atomic mass is 16.5. The van der Waals surface area contributed by atoms with Gasteiger partial charge in [0.2, 0.25) is 0 Å². The van der Waals surface area contributed by atoms with Crippen LogP contribution in [0.5, 0.6) is 11.5 Å². The van der Waals surface area contributed by atoms with Crippen LogP contribution in [0, 0.1) is 52.3 Å². The van der Waals surface area contributed by atoms with Crippen LogP contribution >= 0.6 is 0 Å². The summed E-state index contributed by atoms with van der Waals surface area (Å²) in [4.78, 5) is 12.7. The number of phenolic OH excluding ortho intramolecular Hbond substituents is 1. The zero-order valence-electron chi connectivity index (χ0n) is 28.6. The second-order valence-electron chi connectivity index (χ2n) is 16.5. The molecule has 244 valence electrons. The summed E-state index contributed by atoms with van der Waals surface area (Å²) in [5.41, 5.74) is 2.58. The molecule has 0 aromatic heterocycles. The van der Waals surface area contributed by atoms with Gasteiger partial charge in [-0.2, -0.15) is 0 Å². The van der Waals surface area contributed by atoms with E-state index in [0.29, 0.717) is 16.4 Å². The van der Waals surface area contributed by atoms with Gasteiger partial charge in [0.1, 0.15) is 11.5 Å². The molecule has 45 heavy (non-hydrogen) atoms. The van der Waals surface area contributed by atoms with E-state index in [1.807, 2.05) is 24.3 Å². The molecule has 0 spiro atoms. The SMILES string of the molecule is CC(C)CCCC(C)[C@H]1CC[C@H]2[C@@H]3CCC4CC(Oc5ccc(C(=O)/C=C/c6ccc(O)cc6)cc5)CC[C@]4(C)[C@H]3CC[C@]12C. The Kier molecular flexibility index (Phi) is 9.56. The van der Waals surface area contributed by atoms with Gasteiger partial charge in [-0.25, -0.2) is 0 Å². The fourth-order valence-corrected chi connectivity index (χ4v) is 11.1. The zero-order chi connectivity index (χ0) is 31.8. The molecule has 4 fully saturated rings. The van der Waals surface area contributed by atoms with E-state index in [2.05, 4.69) is 34.6 Å². The fourth-order valence-electron chi connectivity index (χ4n) is 11.1. The summed E-state index contributed by atoms with van der Waals surface area (Å²) < 4.78 is 6.58. The van der Waals surface area contributed by atoms with Gasteiger partial charge in [-0.15, -0.1) is 0 Å². The summed E-state index contributed by atoms with van der Waals surface area (Å²) in [6.45, 7) is 12.7. The van der Waals surface area contributed by atoms with E-state index in [9.17, 15) is 9.90 Å². The van der Waals surface area contributed by atoms with E-state index in [4.69, 9.17) is 4.74 Å². The molecule has 0 heterocycles. The van der Waals surface area contributed by atoms with Crippen molar-refractivity contribution in [2.45, 2.75) is 118 Å². The number of phenols is 1. The van der Waals surface area contributed by atoms with Gasteiger partial charge in [0, 0.05) is 5.56 Å². The number of rotatable bonds is 10. The van der Waals surface area contributed by atoms with Crippen molar-refractivity contribution >= 4 is 11.9 Å². The van der Waals surface area contributed by atoms with Gasteiger partial charge in [0.25, 0.3) is 0 Å². The van der Waals surface area contributed by atoms with E-state index in [-0.39, 0.29) is 17.6 Å². The lowest BCUT2D eigenvalue weighted by atomic mass is 9.44. The molecule has 3 unspecified atom stereocenters. The molecule has 4 saturated carbocycles. The third kappa shape index (κ3) is 6.66. The van der Waals surface area contributed by atoms with Crippen molar-refractivity contribution in [3.05, 3.63) is 65.7 Å². The average Bonchev–Trinajstić information content (AvgIpc) is 3.38. The highest BCUT2D eigenvalue weighted by Crippen LogP contribution is 2.68. The van der Waals surface area contributed by atoms with Crippen LogP contribution in [0.1, 0.15) is 128 Å². The van der Waals surface area contributed by atoms with Gasteiger partial charge in [-0.1, -0.05) is 72.1 Å². The molecule has 1 N–H and O–H groups in total. The van der Waals surface area contributed by atoms with Crippen LogP contribution in [-0.4, -0.2) is 17.0 Å². The van der Waals surface area contributed by atoms with Crippen molar-refractivity contribution in [3.8, 4) is 11.5 Å². The highest BCUT2D eigenvalue weighted by molar-refractivity contribution is 6.06. The number of fused-ring (bicyclic) bond motifs is 5. The Labute approximate surface area is 273 Å². The molecule has 2 aromatic carbocycles. The minimum absolute atomic E-state index is 0.0300. The molecule has 3 nitrogen and oxygen atoms in total. The van der Waals surface area contributed by atoms with Crippen molar-refractivity contribution in [2.75, 3.05) is 0 Å². The predicted molar refractivity (Wildman–Crippen MR) is 185 cm³/mol. The van der Waals surface area contributed by atoms with E-state index in [1.54, 1.807) is 36.4 Å². The van der Waals surface area contributed by atoms with Crippen molar-refractivity contribution in [2.24, 2.45) is 52.3 Å². The Hall–Kier alpha value is -2.55. The maximum atomic E-state index is 12.7. The monoisotopic (exact) mass is 610 g/mol. The number of aromatic hydroxyl groups is 1. The number of ketones is 1. The Balaban J connectivity index is 1.04. The van der Waals surface area contributed by atoms with Crippen molar-refractivity contribution in [1.29, 1.82) is 0 Å². The molecule has 3 heteroatoms. The number of hydrogen-bond donors (Lipinski definition) is 1. The molecule has 0 amide bonds. The largest absolute Gasteiger partial charge is 0.508 e. The second kappa shape index (κ2) is 13.3. The van der Waals surface area contributed by atoms with Crippen LogP contribution in [0.3, 0.4) is 0 Å². The predicted octanol–water partition coefficient (Wildman–Crippen LogP) is 11.2. The fraction of sp³-hybridized carbons (Fsp3) is 0.643. The first kappa shape index (κ1) is 32.4. The Morgan fingerprint density at radius 2 is 1.58 bits per heavy atom. The van der Waals surface area contributed by atoms with Crippen LogP contribution in [0.4, 0.5) is 0 Å². The molecule has 4 aliphatic carbocycles. The van der Waals surface area contributed by atoms with Gasteiger partial charge in [-0.3, -0.25) is 4.79 Å². The number of ether oxygens (including phenoxy) is 1. The molecule has 0 saturated heterocycles. The topological polar surface area (TPSA) is 46.5 Å². The quantitative estimate of drug-likeness (QED) is 0.215. The van der Waals surface area contributed by atoms with Crippen LogP contribution < -0.4 is 4.74 Å². The summed E-state index contributed by atoms with van der Waals surface area (Å²) in [6, 6.07) is 14.5. The first-order valence-electron chi connectivity index (χ1n) is 18.3. The number of allylic oxidation sites excluding steroid dienone is 1. The molecule has 6 rings (SSSR count). The van der Waals surface area contributed by atoms with E-state index >= 15 is 0 Å².